The van der Waals surface area contributed by atoms with Crippen LogP contribution in [0.2, 0.25) is 0 Å². The summed E-state index contributed by atoms with van der Waals surface area (Å²) in [5, 5.41) is 0. The summed E-state index contributed by atoms with van der Waals surface area (Å²) < 4.78 is 7.04. The second kappa shape index (κ2) is 12.2. The summed E-state index contributed by atoms with van der Waals surface area (Å²) in [6.45, 7) is 10.3. The number of carbonyl (C=O) groups is 2. The minimum Gasteiger partial charge on any atom is -0.376 e. The van der Waals surface area contributed by atoms with Crippen molar-refractivity contribution in [1.29, 1.82) is 0 Å². The van der Waals surface area contributed by atoms with Crippen molar-refractivity contribution in [3.8, 4) is 0 Å². The van der Waals surface area contributed by atoms with E-state index < -0.39 is 6.04 Å². The molecule has 1 amide bonds. The van der Waals surface area contributed by atoms with Crippen LogP contribution in [0.4, 0.5) is 0 Å². The number of alkyl halides is 1. The summed E-state index contributed by atoms with van der Waals surface area (Å²) in [5.41, 5.74) is 6.06. The Labute approximate surface area is 161 Å². The summed E-state index contributed by atoms with van der Waals surface area (Å²) in [6, 6.07) is -0.681. The molecular weight excluding hydrogens is 419 g/mol. The molecule has 0 aliphatic heterocycles. The van der Waals surface area contributed by atoms with Crippen LogP contribution in [0.3, 0.4) is 0 Å². The van der Waals surface area contributed by atoms with Gasteiger partial charge in [-0.05, 0) is 25.2 Å². The number of likely N-dealkylation sites (N-methyl/N-ethyl adjacent to an activating group) is 1. The monoisotopic (exact) mass is 454 g/mol. The Balaban J connectivity index is 5.40. The first-order chi connectivity index (χ1) is 11.2. The zero-order valence-electron chi connectivity index (χ0n) is 16.0. The Morgan fingerprint density at radius 1 is 1.25 bits per heavy atom. The summed E-state index contributed by atoms with van der Waals surface area (Å²) >= 11 is 2.31. The van der Waals surface area contributed by atoms with Crippen molar-refractivity contribution in [3.63, 3.8) is 0 Å². The number of ether oxygens (including phenoxy) is 1. The lowest BCUT2D eigenvalue weighted by atomic mass is 9.89. The van der Waals surface area contributed by atoms with Crippen LogP contribution in [-0.4, -0.2) is 52.9 Å². The highest BCUT2D eigenvalue weighted by atomic mass is 127. The number of nitrogens with zero attached hydrogens (tertiary/aromatic N) is 1. The van der Waals surface area contributed by atoms with Crippen LogP contribution in [0.5, 0.6) is 0 Å². The number of rotatable bonds is 12. The zero-order chi connectivity index (χ0) is 18.9. The Kier molecular flexibility index (Phi) is 12.1. The van der Waals surface area contributed by atoms with Crippen LogP contribution < -0.4 is 5.73 Å². The standard InChI is InChI=1S/C18H35IN2O3/c1-7-13(4)17(21(6)18(23)16(20)12(2)3)15(11-14(5)22)24-10-8-9-19/h12-13,15-17H,7-11,20H2,1-6H3/t13-,15+,16-,17-/m0/s1. The molecule has 2 N–H and O–H groups in total. The molecule has 0 saturated heterocycles. The van der Waals surface area contributed by atoms with Gasteiger partial charge in [-0.25, -0.2) is 0 Å². The average molecular weight is 454 g/mol. The third kappa shape index (κ3) is 7.78. The van der Waals surface area contributed by atoms with E-state index in [1.807, 2.05) is 13.8 Å². The van der Waals surface area contributed by atoms with Gasteiger partial charge in [-0.2, -0.15) is 0 Å². The number of Topliss-reactive ketones (excluding diaryl/α,β-unsaturated/α-hetero) is 1. The normalized spacial score (nSPS) is 16.5. The highest BCUT2D eigenvalue weighted by Gasteiger charge is 2.35. The van der Waals surface area contributed by atoms with Gasteiger partial charge in [0.25, 0.3) is 0 Å². The first-order valence-electron chi connectivity index (χ1n) is 8.86. The molecule has 0 aromatic carbocycles. The van der Waals surface area contributed by atoms with Crippen LogP contribution in [0.1, 0.15) is 53.9 Å². The van der Waals surface area contributed by atoms with E-state index >= 15 is 0 Å². The van der Waals surface area contributed by atoms with Gasteiger partial charge in [0, 0.05) is 24.5 Å². The molecule has 0 rings (SSSR count). The number of halogens is 1. The van der Waals surface area contributed by atoms with E-state index in [1.165, 1.54) is 0 Å². The third-order valence-electron chi connectivity index (χ3n) is 4.50. The van der Waals surface area contributed by atoms with Crippen LogP contribution in [-0.2, 0) is 14.3 Å². The maximum absolute atomic E-state index is 12.7. The molecule has 0 heterocycles. The van der Waals surface area contributed by atoms with Crippen molar-refractivity contribution in [2.45, 2.75) is 72.1 Å². The number of amides is 1. The highest BCUT2D eigenvalue weighted by Crippen LogP contribution is 2.23. The number of nitrogens with two attached hydrogens (primary N) is 1. The maximum atomic E-state index is 12.7. The first-order valence-corrected chi connectivity index (χ1v) is 10.4. The van der Waals surface area contributed by atoms with Crippen LogP contribution >= 0.6 is 22.6 Å². The molecular formula is C18H35IN2O3. The lowest BCUT2D eigenvalue weighted by Crippen LogP contribution is -2.55. The third-order valence-corrected chi connectivity index (χ3v) is 5.27. The average Bonchev–Trinajstić information content (AvgIpc) is 2.52. The van der Waals surface area contributed by atoms with E-state index in [0.717, 1.165) is 17.3 Å². The largest absolute Gasteiger partial charge is 0.376 e. The molecule has 0 saturated carbocycles. The molecule has 142 valence electrons. The van der Waals surface area contributed by atoms with Crippen molar-refractivity contribution >= 4 is 34.3 Å². The first kappa shape index (κ1) is 23.8. The molecule has 0 spiro atoms. The van der Waals surface area contributed by atoms with E-state index in [9.17, 15) is 9.59 Å². The molecule has 0 bridgehead atoms. The van der Waals surface area contributed by atoms with Crippen LogP contribution in [0.25, 0.3) is 0 Å². The molecule has 0 aliphatic carbocycles. The zero-order valence-corrected chi connectivity index (χ0v) is 18.2. The van der Waals surface area contributed by atoms with Gasteiger partial charge in [0.2, 0.25) is 5.91 Å². The van der Waals surface area contributed by atoms with Crippen molar-refractivity contribution in [1.82, 2.24) is 4.90 Å². The molecule has 0 fully saturated rings. The molecule has 5 nitrogen and oxygen atoms in total. The second-order valence-corrected chi connectivity index (χ2v) is 8.03. The fourth-order valence-corrected chi connectivity index (χ4v) is 3.07. The van der Waals surface area contributed by atoms with Crippen molar-refractivity contribution in [2.75, 3.05) is 18.1 Å². The summed E-state index contributed by atoms with van der Waals surface area (Å²) in [4.78, 5) is 26.2. The van der Waals surface area contributed by atoms with Gasteiger partial charge in [-0.1, -0.05) is 56.7 Å². The fourth-order valence-electron chi connectivity index (χ4n) is 2.76. The van der Waals surface area contributed by atoms with E-state index in [1.54, 1.807) is 18.9 Å². The number of ketones is 1. The van der Waals surface area contributed by atoms with Gasteiger partial charge < -0.3 is 15.4 Å². The van der Waals surface area contributed by atoms with Crippen LogP contribution in [0.15, 0.2) is 0 Å². The predicted octanol–water partition coefficient (Wildman–Crippen LogP) is 3.03. The van der Waals surface area contributed by atoms with Crippen molar-refractivity contribution in [2.24, 2.45) is 17.6 Å². The highest BCUT2D eigenvalue weighted by molar-refractivity contribution is 14.1. The van der Waals surface area contributed by atoms with Gasteiger partial charge in [0.15, 0.2) is 0 Å². The topological polar surface area (TPSA) is 72.6 Å². The van der Waals surface area contributed by atoms with Gasteiger partial charge in [-0.15, -0.1) is 0 Å². The molecule has 0 aliphatic rings. The molecule has 0 aromatic heterocycles. The van der Waals surface area contributed by atoms with E-state index in [0.29, 0.717) is 13.0 Å². The lowest BCUT2D eigenvalue weighted by molar-refractivity contribution is -0.141. The fraction of sp³-hybridized carbons (Fsp3) is 0.889. The SMILES string of the molecule is CC[C@H](C)[C@@H]([C@@H](CC(C)=O)OCCCI)N(C)C(=O)[C@@H](N)C(C)C. The Morgan fingerprint density at radius 3 is 2.25 bits per heavy atom. The van der Waals surface area contributed by atoms with Gasteiger partial charge >= 0.3 is 0 Å². The quantitative estimate of drug-likeness (QED) is 0.280. The van der Waals surface area contributed by atoms with E-state index in [4.69, 9.17) is 10.5 Å². The molecule has 0 aromatic rings. The molecule has 0 radical (unpaired) electrons. The Bertz CT molecular complexity index is 390. The summed E-state index contributed by atoms with van der Waals surface area (Å²) in [6.07, 6.45) is 1.88. The smallest absolute Gasteiger partial charge is 0.239 e. The second-order valence-electron chi connectivity index (χ2n) is 6.95. The Hall–Kier alpha value is -0.210. The van der Waals surface area contributed by atoms with Gasteiger partial charge in [0.1, 0.15) is 5.78 Å². The number of hydrogen-bond acceptors (Lipinski definition) is 4. The summed E-state index contributed by atoms with van der Waals surface area (Å²) in [7, 11) is 1.79. The lowest BCUT2D eigenvalue weighted by Gasteiger charge is -2.39. The maximum Gasteiger partial charge on any atom is 0.239 e. The van der Waals surface area contributed by atoms with Crippen molar-refractivity contribution in [3.05, 3.63) is 0 Å². The minimum absolute atomic E-state index is 0.0729. The number of carbonyl (C=O) groups excluding carboxylic acids is 2. The molecule has 24 heavy (non-hydrogen) atoms. The van der Waals surface area contributed by atoms with Crippen LogP contribution in [0, 0.1) is 11.8 Å². The molecule has 6 heteroatoms. The van der Waals surface area contributed by atoms with E-state index in [-0.39, 0.29) is 35.7 Å². The number of hydrogen-bond donors (Lipinski definition) is 1. The Morgan fingerprint density at radius 2 is 1.83 bits per heavy atom. The molecule has 4 atom stereocenters. The predicted molar refractivity (Wildman–Crippen MR) is 107 cm³/mol. The summed E-state index contributed by atoms with van der Waals surface area (Å²) in [5.74, 6) is 0.295. The van der Waals surface area contributed by atoms with Crippen molar-refractivity contribution < 1.29 is 14.3 Å². The van der Waals surface area contributed by atoms with Gasteiger partial charge in [0.05, 0.1) is 18.2 Å². The minimum atomic E-state index is -0.533. The van der Waals surface area contributed by atoms with E-state index in [2.05, 4.69) is 36.4 Å². The van der Waals surface area contributed by atoms with Gasteiger partial charge in [-0.3, -0.25) is 9.59 Å². The molecule has 0 unspecified atom stereocenters.